The summed E-state index contributed by atoms with van der Waals surface area (Å²) in [6, 6.07) is 8.32. The molecule has 0 radical (unpaired) electrons. The van der Waals surface area contributed by atoms with E-state index < -0.39 is 54.8 Å². The molecule has 15 heteroatoms. The highest BCUT2D eigenvalue weighted by atomic mass is 19.1. The van der Waals surface area contributed by atoms with Crippen LogP contribution in [0.1, 0.15) is 85.3 Å². The second-order valence-electron chi connectivity index (χ2n) is 14.0. The van der Waals surface area contributed by atoms with Gasteiger partial charge < -0.3 is 35.7 Å². The highest BCUT2D eigenvalue weighted by Gasteiger charge is 2.30. The molecule has 1 aromatic heterocycles. The number of H-pyrrole nitrogens is 1. The van der Waals surface area contributed by atoms with Crippen molar-refractivity contribution in [1.82, 2.24) is 26.3 Å². The van der Waals surface area contributed by atoms with Crippen LogP contribution >= 0.6 is 0 Å². The number of rotatable bonds is 22. The standard InChI is InChI=1S/C41H55FN6O8/c1-24(2)39(41(54)45-27(5)40(53)47-34(35(49)23-42)22-38(52)56-7)48-37(51)11-9-8-10-20-43-36(50)19-17-31-25(3)33(44-26(31)4)21-29-14-18-32(46-29)28-12-15-30(55-6)16-13-28/h12-16,18,21,24,27,34,39,46H,8-11,17,19-20,22-23H2,1-7H3,(H,43,50)(H,45,54)(H,47,53)(H,48,51)/b33-21+/t27-,34-,39-/m0/s1. The fraction of sp³-hybridized carbons (Fsp3) is 0.488. The van der Waals surface area contributed by atoms with Crippen molar-refractivity contribution in [2.24, 2.45) is 10.9 Å². The Kier molecular flexibility index (Phi) is 17.7. The number of carbonyl (C=O) groups is 6. The Morgan fingerprint density at radius 2 is 1.57 bits per heavy atom. The predicted molar refractivity (Wildman–Crippen MR) is 211 cm³/mol. The van der Waals surface area contributed by atoms with E-state index in [2.05, 4.69) is 31.0 Å². The number of Topliss-reactive ketones (excluding diaryl/α,β-unsaturated/α-hetero) is 1. The first-order chi connectivity index (χ1) is 26.7. The van der Waals surface area contributed by atoms with Gasteiger partial charge >= 0.3 is 5.97 Å². The summed E-state index contributed by atoms with van der Waals surface area (Å²) in [5.74, 6) is -3.17. The molecular formula is C41H55FN6O8. The Balaban J connectivity index is 1.37. The molecule has 304 valence electrons. The predicted octanol–water partition coefficient (Wildman–Crippen LogP) is 4.51. The van der Waals surface area contributed by atoms with Crippen molar-refractivity contribution in [3.63, 3.8) is 0 Å². The van der Waals surface area contributed by atoms with E-state index in [9.17, 15) is 33.2 Å². The number of nitrogens with zero attached hydrogens (tertiary/aromatic N) is 1. The largest absolute Gasteiger partial charge is 0.497 e. The minimum atomic E-state index is -1.44. The van der Waals surface area contributed by atoms with Crippen LogP contribution < -0.4 is 26.0 Å². The van der Waals surface area contributed by atoms with Crippen molar-refractivity contribution in [3.8, 4) is 17.0 Å². The number of unbranched alkanes of at least 4 members (excludes halogenated alkanes) is 2. The highest BCUT2D eigenvalue weighted by Crippen LogP contribution is 2.30. The number of halogens is 1. The van der Waals surface area contributed by atoms with Crippen LogP contribution in [0.25, 0.3) is 17.3 Å². The number of carbonyl (C=O) groups excluding carboxylic acids is 6. The monoisotopic (exact) mass is 778 g/mol. The molecule has 0 saturated carbocycles. The number of allylic oxidation sites excluding steroid dienone is 2. The molecule has 0 spiro atoms. The molecule has 56 heavy (non-hydrogen) atoms. The lowest BCUT2D eigenvalue weighted by molar-refractivity contribution is -0.143. The normalized spacial score (nSPS) is 14.8. The SMILES string of the molecule is COC(=O)C[C@H](NC(=O)[C@H](C)NC(=O)[C@@H](NC(=O)CCCCCNC(=O)CCC1=C(C)/C(=C\c2ccc(-c3ccc(OC)cc3)[nH]2)N=C1C)C(C)C)C(=O)CF. The lowest BCUT2D eigenvalue weighted by atomic mass is 10.0. The number of alkyl halides is 1. The Morgan fingerprint density at radius 1 is 0.857 bits per heavy atom. The van der Waals surface area contributed by atoms with Crippen LogP contribution in [0.2, 0.25) is 0 Å². The van der Waals surface area contributed by atoms with Crippen LogP contribution in [-0.4, -0.2) is 91.6 Å². The molecule has 0 aliphatic carbocycles. The number of hydrogen-bond donors (Lipinski definition) is 5. The van der Waals surface area contributed by atoms with Gasteiger partial charge in [0.15, 0.2) is 5.78 Å². The van der Waals surface area contributed by atoms with Crippen LogP contribution in [0.5, 0.6) is 5.75 Å². The molecule has 0 bridgehead atoms. The van der Waals surface area contributed by atoms with E-state index in [1.807, 2.05) is 56.3 Å². The lowest BCUT2D eigenvalue weighted by Crippen LogP contribution is -2.56. The number of aromatic amines is 1. The van der Waals surface area contributed by atoms with Gasteiger partial charge in [-0.2, -0.15) is 0 Å². The Hall–Kier alpha value is -5.60. The van der Waals surface area contributed by atoms with Crippen LogP contribution in [0.15, 0.2) is 58.2 Å². The summed E-state index contributed by atoms with van der Waals surface area (Å²) >= 11 is 0. The number of benzene rings is 1. The second-order valence-corrected chi connectivity index (χ2v) is 14.0. The summed E-state index contributed by atoms with van der Waals surface area (Å²) < 4.78 is 22.7. The summed E-state index contributed by atoms with van der Waals surface area (Å²) in [6.45, 7) is 7.88. The van der Waals surface area contributed by atoms with Gasteiger partial charge in [0.25, 0.3) is 0 Å². The van der Waals surface area contributed by atoms with Crippen molar-refractivity contribution >= 4 is 47.2 Å². The quantitative estimate of drug-likeness (QED) is 0.0850. The fourth-order valence-corrected chi connectivity index (χ4v) is 6.03. The number of nitrogens with one attached hydrogen (secondary N) is 5. The average Bonchev–Trinajstić information content (AvgIpc) is 3.75. The van der Waals surface area contributed by atoms with Gasteiger partial charge in [0.05, 0.1) is 26.3 Å². The smallest absolute Gasteiger partial charge is 0.308 e. The van der Waals surface area contributed by atoms with Crippen LogP contribution in [-0.2, 0) is 33.5 Å². The molecule has 0 saturated heterocycles. The number of methoxy groups -OCH3 is 2. The maximum atomic E-state index is 13.0. The summed E-state index contributed by atoms with van der Waals surface area (Å²) in [6.07, 6.45) is 4.39. The number of hydrogen-bond acceptors (Lipinski definition) is 9. The Bertz CT molecular complexity index is 1810. The van der Waals surface area contributed by atoms with Gasteiger partial charge in [0.1, 0.15) is 30.5 Å². The highest BCUT2D eigenvalue weighted by molar-refractivity contribution is 6.04. The van der Waals surface area contributed by atoms with E-state index in [1.165, 1.54) is 6.92 Å². The van der Waals surface area contributed by atoms with E-state index in [0.29, 0.717) is 38.6 Å². The fourth-order valence-electron chi connectivity index (χ4n) is 6.03. The van der Waals surface area contributed by atoms with Crippen molar-refractivity contribution < 1.29 is 42.6 Å². The molecule has 3 atom stereocenters. The van der Waals surface area contributed by atoms with E-state index in [-0.39, 0.29) is 24.2 Å². The number of aromatic nitrogens is 1. The molecular weight excluding hydrogens is 723 g/mol. The van der Waals surface area contributed by atoms with Crippen LogP contribution in [0.4, 0.5) is 4.39 Å². The number of ketones is 1. The van der Waals surface area contributed by atoms with Gasteiger partial charge in [-0.25, -0.2) is 4.39 Å². The molecule has 0 fully saturated rings. The molecule has 0 unspecified atom stereocenters. The lowest BCUT2D eigenvalue weighted by Gasteiger charge is -2.24. The topological polar surface area (TPSA) is 197 Å². The van der Waals surface area contributed by atoms with Crippen molar-refractivity contribution in [2.75, 3.05) is 27.4 Å². The number of aliphatic imine (C=N–C) groups is 1. The van der Waals surface area contributed by atoms with Gasteiger partial charge in [-0.05, 0) is 105 Å². The van der Waals surface area contributed by atoms with Crippen LogP contribution in [0.3, 0.4) is 0 Å². The van der Waals surface area contributed by atoms with Gasteiger partial charge in [-0.1, -0.05) is 20.3 Å². The number of amides is 4. The first kappa shape index (κ1) is 44.8. The van der Waals surface area contributed by atoms with Gasteiger partial charge in [-0.15, -0.1) is 0 Å². The molecule has 1 aromatic carbocycles. The molecule has 14 nitrogen and oxygen atoms in total. The molecule has 3 rings (SSSR count). The van der Waals surface area contributed by atoms with E-state index in [0.717, 1.165) is 52.4 Å². The van der Waals surface area contributed by atoms with E-state index in [1.54, 1.807) is 21.0 Å². The van der Waals surface area contributed by atoms with Crippen molar-refractivity contribution in [3.05, 3.63) is 58.9 Å². The maximum absolute atomic E-state index is 13.0. The summed E-state index contributed by atoms with van der Waals surface area (Å²) in [7, 11) is 2.73. The number of esters is 1. The zero-order valence-corrected chi connectivity index (χ0v) is 33.3. The van der Waals surface area contributed by atoms with Crippen molar-refractivity contribution in [2.45, 2.75) is 97.7 Å². The van der Waals surface area contributed by atoms with E-state index in [4.69, 9.17) is 9.73 Å². The Morgan fingerprint density at radius 3 is 2.21 bits per heavy atom. The zero-order valence-electron chi connectivity index (χ0n) is 33.3. The molecule has 1 aliphatic heterocycles. The second kappa shape index (κ2) is 22.1. The summed E-state index contributed by atoms with van der Waals surface area (Å²) in [5.41, 5.74) is 6.81. The van der Waals surface area contributed by atoms with Gasteiger partial charge in [-0.3, -0.25) is 33.8 Å². The molecule has 2 aromatic rings. The minimum absolute atomic E-state index is 0.0662. The third-order valence-electron chi connectivity index (χ3n) is 9.42. The van der Waals surface area contributed by atoms with E-state index >= 15 is 0 Å². The van der Waals surface area contributed by atoms with Gasteiger partial charge in [0.2, 0.25) is 23.6 Å². The third-order valence-corrected chi connectivity index (χ3v) is 9.42. The maximum Gasteiger partial charge on any atom is 0.308 e. The minimum Gasteiger partial charge on any atom is -0.497 e. The Labute approximate surface area is 327 Å². The summed E-state index contributed by atoms with van der Waals surface area (Å²) in [4.78, 5) is 82.6. The van der Waals surface area contributed by atoms with Gasteiger partial charge in [0, 0.05) is 36.5 Å². The third kappa shape index (κ3) is 13.6. The molecule has 5 N–H and O–H groups in total. The first-order valence-electron chi connectivity index (χ1n) is 18.8. The average molecular weight is 779 g/mol. The first-order valence-corrected chi connectivity index (χ1v) is 18.8. The zero-order chi connectivity index (χ0) is 41.4. The van der Waals surface area contributed by atoms with Crippen LogP contribution in [0, 0.1) is 5.92 Å². The molecule has 1 aliphatic rings. The molecule has 4 amide bonds. The summed E-state index contributed by atoms with van der Waals surface area (Å²) in [5, 5.41) is 10.4. The molecule has 2 heterocycles. The number of ether oxygens (including phenoxy) is 2. The van der Waals surface area contributed by atoms with Crippen molar-refractivity contribution in [1.29, 1.82) is 0 Å².